The molecule has 1 amide bonds. The van der Waals surface area contributed by atoms with E-state index in [4.69, 9.17) is 0 Å². The van der Waals surface area contributed by atoms with Crippen molar-refractivity contribution >= 4 is 11.6 Å². The molecule has 0 aliphatic carbocycles. The average molecular weight is 255 g/mol. The molecule has 2 aromatic carbocycles. The fourth-order valence-electron chi connectivity index (χ4n) is 2.89. The number of carbonyl (C=O) groups excluding carboxylic acids is 1. The number of hydrogen-bond acceptors (Lipinski definition) is 1. The van der Waals surface area contributed by atoms with Crippen LogP contribution in [0.5, 0.6) is 0 Å². The monoisotopic (exact) mass is 255 g/mol. The van der Waals surface area contributed by atoms with Gasteiger partial charge in [-0.05, 0) is 35.7 Å². The van der Waals surface area contributed by atoms with Crippen molar-refractivity contribution in [3.63, 3.8) is 0 Å². The standard InChI is InChI=1S/C16H14FNO/c1-2-16(11-7-9-12(17)10-8-11)13-5-3-4-6-14(13)18-15(16)19/h3-10H,2H2,1H3,(H,18,19)/t16-/m0/s1. The largest absolute Gasteiger partial charge is 0.325 e. The minimum Gasteiger partial charge on any atom is -0.325 e. The van der Waals surface area contributed by atoms with Gasteiger partial charge in [0.15, 0.2) is 0 Å². The van der Waals surface area contributed by atoms with E-state index >= 15 is 0 Å². The minimum absolute atomic E-state index is 0.0391. The van der Waals surface area contributed by atoms with E-state index in [0.29, 0.717) is 6.42 Å². The molecule has 2 nitrogen and oxygen atoms in total. The predicted octanol–water partition coefficient (Wildman–Crippen LogP) is 3.47. The van der Waals surface area contributed by atoms with Crippen LogP contribution in [0.2, 0.25) is 0 Å². The highest BCUT2D eigenvalue weighted by Gasteiger charge is 2.46. The summed E-state index contributed by atoms with van der Waals surface area (Å²) >= 11 is 0. The van der Waals surface area contributed by atoms with E-state index in [1.54, 1.807) is 12.1 Å². The Hall–Kier alpha value is -2.16. The van der Waals surface area contributed by atoms with Crippen LogP contribution in [-0.2, 0) is 10.2 Å². The van der Waals surface area contributed by atoms with Gasteiger partial charge in [-0.25, -0.2) is 4.39 Å². The Morgan fingerprint density at radius 3 is 2.47 bits per heavy atom. The first-order valence-electron chi connectivity index (χ1n) is 6.35. The van der Waals surface area contributed by atoms with Crippen molar-refractivity contribution in [1.29, 1.82) is 0 Å². The van der Waals surface area contributed by atoms with E-state index in [1.165, 1.54) is 12.1 Å². The van der Waals surface area contributed by atoms with Gasteiger partial charge in [0, 0.05) is 5.69 Å². The van der Waals surface area contributed by atoms with Gasteiger partial charge < -0.3 is 5.32 Å². The van der Waals surface area contributed by atoms with Crippen LogP contribution in [-0.4, -0.2) is 5.91 Å². The Morgan fingerprint density at radius 2 is 1.79 bits per heavy atom. The summed E-state index contributed by atoms with van der Waals surface area (Å²) in [5, 5.41) is 2.92. The summed E-state index contributed by atoms with van der Waals surface area (Å²) < 4.78 is 13.1. The van der Waals surface area contributed by atoms with Crippen LogP contribution in [0.4, 0.5) is 10.1 Å². The molecule has 19 heavy (non-hydrogen) atoms. The SMILES string of the molecule is CC[C@@]1(c2ccc(F)cc2)C(=O)Nc2ccccc21. The number of halogens is 1. The van der Waals surface area contributed by atoms with Gasteiger partial charge in [-0.1, -0.05) is 37.3 Å². The third-order valence-corrected chi connectivity index (χ3v) is 3.89. The highest BCUT2D eigenvalue weighted by atomic mass is 19.1. The topological polar surface area (TPSA) is 29.1 Å². The first-order valence-corrected chi connectivity index (χ1v) is 6.35. The van der Waals surface area contributed by atoms with E-state index < -0.39 is 5.41 Å². The molecule has 1 atom stereocenters. The maximum absolute atomic E-state index is 13.1. The molecule has 1 aliphatic rings. The van der Waals surface area contributed by atoms with Gasteiger partial charge in [-0.3, -0.25) is 4.79 Å². The van der Waals surface area contributed by atoms with Crippen LogP contribution in [0.25, 0.3) is 0 Å². The normalized spacial score (nSPS) is 21.1. The second-order valence-corrected chi connectivity index (χ2v) is 4.77. The summed E-state index contributed by atoms with van der Waals surface area (Å²) in [6.45, 7) is 1.98. The molecule has 0 unspecified atom stereocenters. The van der Waals surface area contributed by atoms with Gasteiger partial charge in [0.1, 0.15) is 11.2 Å². The number of nitrogens with one attached hydrogen (secondary N) is 1. The Bertz CT molecular complexity index is 635. The van der Waals surface area contributed by atoms with Crippen molar-refractivity contribution in [3.8, 4) is 0 Å². The molecule has 3 heteroatoms. The van der Waals surface area contributed by atoms with Crippen LogP contribution in [0.1, 0.15) is 24.5 Å². The number of hydrogen-bond donors (Lipinski definition) is 1. The zero-order valence-corrected chi connectivity index (χ0v) is 10.6. The highest BCUT2D eigenvalue weighted by molar-refractivity contribution is 6.08. The van der Waals surface area contributed by atoms with Crippen LogP contribution >= 0.6 is 0 Å². The summed E-state index contributed by atoms with van der Waals surface area (Å²) in [6.07, 6.45) is 0.640. The summed E-state index contributed by atoms with van der Waals surface area (Å²) in [4.78, 5) is 12.5. The molecule has 0 saturated carbocycles. The summed E-state index contributed by atoms with van der Waals surface area (Å²) in [5.74, 6) is -0.329. The summed E-state index contributed by atoms with van der Waals surface area (Å²) in [5.41, 5.74) is 1.94. The highest BCUT2D eigenvalue weighted by Crippen LogP contribution is 2.44. The van der Waals surface area contributed by atoms with Gasteiger partial charge >= 0.3 is 0 Å². The van der Waals surface area contributed by atoms with Gasteiger partial charge in [0.05, 0.1) is 0 Å². The van der Waals surface area contributed by atoms with E-state index in [0.717, 1.165) is 16.8 Å². The van der Waals surface area contributed by atoms with Gasteiger partial charge in [-0.2, -0.15) is 0 Å². The van der Waals surface area contributed by atoms with Crippen molar-refractivity contribution < 1.29 is 9.18 Å². The second-order valence-electron chi connectivity index (χ2n) is 4.77. The van der Waals surface area contributed by atoms with Crippen LogP contribution in [0.3, 0.4) is 0 Å². The van der Waals surface area contributed by atoms with Crippen LogP contribution < -0.4 is 5.32 Å². The number of carbonyl (C=O) groups is 1. The van der Waals surface area contributed by atoms with Gasteiger partial charge in [0.25, 0.3) is 0 Å². The number of fused-ring (bicyclic) bond motifs is 1. The first kappa shape index (κ1) is 11.9. The summed E-state index contributed by atoms with van der Waals surface area (Å²) in [7, 11) is 0. The number of anilines is 1. The molecule has 96 valence electrons. The Kier molecular flexibility index (Phi) is 2.63. The van der Waals surface area contributed by atoms with Crippen LogP contribution in [0, 0.1) is 5.82 Å². The molecule has 2 aromatic rings. The molecule has 0 bridgehead atoms. The molecule has 0 aromatic heterocycles. The summed E-state index contributed by atoms with van der Waals surface area (Å²) in [6, 6.07) is 13.9. The lowest BCUT2D eigenvalue weighted by Crippen LogP contribution is -2.35. The minimum atomic E-state index is -0.704. The zero-order chi connectivity index (χ0) is 13.5. The fourth-order valence-corrected chi connectivity index (χ4v) is 2.89. The second kappa shape index (κ2) is 4.19. The lowest BCUT2D eigenvalue weighted by atomic mass is 9.73. The number of rotatable bonds is 2. The molecule has 1 N–H and O–H groups in total. The van der Waals surface area contributed by atoms with E-state index in [-0.39, 0.29) is 11.7 Å². The average Bonchev–Trinajstić information content (AvgIpc) is 2.72. The molecule has 0 saturated heterocycles. The van der Waals surface area contributed by atoms with Gasteiger partial charge in [-0.15, -0.1) is 0 Å². The van der Waals surface area contributed by atoms with E-state index in [2.05, 4.69) is 5.32 Å². The molecular weight excluding hydrogens is 241 g/mol. The fraction of sp³-hybridized carbons (Fsp3) is 0.188. The lowest BCUT2D eigenvalue weighted by molar-refractivity contribution is -0.119. The van der Waals surface area contributed by atoms with Crippen molar-refractivity contribution in [2.45, 2.75) is 18.8 Å². The molecule has 1 heterocycles. The maximum Gasteiger partial charge on any atom is 0.239 e. The predicted molar refractivity (Wildman–Crippen MR) is 72.5 cm³/mol. The zero-order valence-electron chi connectivity index (χ0n) is 10.6. The third-order valence-electron chi connectivity index (χ3n) is 3.89. The van der Waals surface area contributed by atoms with E-state index in [1.807, 2.05) is 31.2 Å². The smallest absolute Gasteiger partial charge is 0.239 e. The Morgan fingerprint density at radius 1 is 1.11 bits per heavy atom. The van der Waals surface area contributed by atoms with Gasteiger partial charge in [0.2, 0.25) is 5.91 Å². The Labute approximate surface area is 111 Å². The molecular formula is C16H14FNO. The van der Waals surface area contributed by atoms with E-state index in [9.17, 15) is 9.18 Å². The van der Waals surface area contributed by atoms with Crippen molar-refractivity contribution in [2.75, 3.05) is 5.32 Å². The first-order chi connectivity index (χ1) is 9.18. The molecule has 0 radical (unpaired) electrons. The third kappa shape index (κ3) is 1.58. The Balaban J connectivity index is 2.24. The molecule has 0 fully saturated rings. The molecule has 0 spiro atoms. The molecule has 1 aliphatic heterocycles. The number of para-hydroxylation sites is 1. The molecule has 3 rings (SSSR count). The van der Waals surface area contributed by atoms with Crippen LogP contribution in [0.15, 0.2) is 48.5 Å². The number of amides is 1. The van der Waals surface area contributed by atoms with Crippen molar-refractivity contribution in [3.05, 3.63) is 65.5 Å². The van der Waals surface area contributed by atoms with Crippen molar-refractivity contribution in [1.82, 2.24) is 0 Å². The van der Waals surface area contributed by atoms with Crippen molar-refractivity contribution in [2.24, 2.45) is 0 Å². The quantitative estimate of drug-likeness (QED) is 0.874. The lowest BCUT2D eigenvalue weighted by Gasteiger charge is -2.26. The number of benzene rings is 2. The maximum atomic E-state index is 13.1.